The van der Waals surface area contributed by atoms with Crippen LogP contribution >= 0.6 is 0 Å². The average molecular weight is 503 g/mol. The lowest BCUT2D eigenvalue weighted by Gasteiger charge is -2.32. The average Bonchev–Trinajstić information content (AvgIpc) is 3.26. The number of urea groups is 1. The molecule has 9 nitrogen and oxygen atoms in total. The van der Waals surface area contributed by atoms with Crippen molar-refractivity contribution in [2.45, 2.75) is 25.3 Å². The summed E-state index contributed by atoms with van der Waals surface area (Å²) >= 11 is 0. The number of hydrogen-bond donors (Lipinski definition) is 2. The molecular weight excluding hydrogens is 479 g/mol. The van der Waals surface area contributed by atoms with E-state index in [4.69, 9.17) is 10.5 Å². The van der Waals surface area contributed by atoms with Gasteiger partial charge in [0.05, 0.1) is 11.8 Å². The number of rotatable bonds is 6. The van der Waals surface area contributed by atoms with E-state index in [1.165, 1.54) is 12.1 Å². The highest BCUT2D eigenvalue weighted by molar-refractivity contribution is 5.97. The third kappa shape index (κ3) is 6.26. The molecule has 0 atom stereocenters. The van der Waals surface area contributed by atoms with Gasteiger partial charge in [-0.1, -0.05) is 6.07 Å². The largest absolute Gasteiger partial charge is 0.573 e. The van der Waals surface area contributed by atoms with Gasteiger partial charge in [-0.25, -0.2) is 4.79 Å². The van der Waals surface area contributed by atoms with Gasteiger partial charge in [0, 0.05) is 50.4 Å². The summed E-state index contributed by atoms with van der Waals surface area (Å²) < 4.78 is 48.4. The molecule has 0 aliphatic carbocycles. The zero-order chi connectivity index (χ0) is 25.9. The number of alkyl halides is 3. The summed E-state index contributed by atoms with van der Waals surface area (Å²) in [6.07, 6.45) is -0.451. The third-order valence-corrected chi connectivity index (χ3v) is 5.65. The summed E-state index contributed by atoms with van der Waals surface area (Å²) in [5, 5.41) is 6.79. The number of nitrogens with two attached hydrogens (primary N) is 1. The molecular formula is C24H24F3N5O4. The fourth-order valence-corrected chi connectivity index (χ4v) is 3.87. The van der Waals surface area contributed by atoms with Crippen LogP contribution in [0, 0.1) is 0 Å². The van der Waals surface area contributed by atoms with Gasteiger partial charge in [0.2, 0.25) is 0 Å². The van der Waals surface area contributed by atoms with Crippen molar-refractivity contribution in [1.29, 1.82) is 0 Å². The molecule has 1 fully saturated rings. The lowest BCUT2D eigenvalue weighted by atomic mass is 10.0. The highest BCUT2D eigenvalue weighted by Crippen LogP contribution is 2.29. The van der Waals surface area contributed by atoms with Gasteiger partial charge >= 0.3 is 12.4 Å². The van der Waals surface area contributed by atoms with Crippen molar-refractivity contribution < 1.29 is 32.2 Å². The van der Waals surface area contributed by atoms with Crippen molar-refractivity contribution in [1.82, 2.24) is 14.7 Å². The van der Waals surface area contributed by atoms with Crippen LogP contribution < -0.4 is 20.5 Å². The summed E-state index contributed by atoms with van der Waals surface area (Å²) in [7, 11) is 1.80. The van der Waals surface area contributed by atoms with Crippen LogP contribution in [0.25, 0.3) is 11.1 Å². The molecule has 0 radical (unpaired) electrons. The predicted octanol–water partition coefficient (Wildman–Crippen LogP) is 4.16. The Morgan fingerprint density at radius 1 is 1.08 bits per heavy atom. The number of aryl methyl sites for hydroxylation is 1. The molecule has 2 aromatic carbocycles. The van der Waals surface area contributed by atoms with E-state index in [1.54, 1.807) is 35.0 Å². The Balaban J connectivity index is 1.32. The number of carbonyl (C=O) groups excluding carboxylic acids is 2. The van der Waals surface area contributed by atoms with Crippen molar-refractivity contribution in [3.63, 3.8) is 0 Å². The third-order valence-electron chi connectivity index (χ3n) is 5.65. The molecule has 0 unspecified atom stereocenters. The Labute approximate surface area is 204 Å². The molecule has 1 aliphatic rings. The molecule has 0 spiro atoms. The molecule has 0 saturated carbocycles. The van der Waals surface area contributed by atoms with Gasteiger partial charge < -0.3 is 25.4 Å². The van der Waals surface area contributed by atoms with Crippen LogP contribution in [0.1, 0.15) is 23.2 Å². The SMILES string of the molecule is Cn1cc(-c2ccc(OC3CCN(C(=O)Nc4ccc(OC(F)(F)F)cc4)CC3)c(C(N)=O)c2)cn1. The van der Waals surface area contributed by atoms with Crippen molar-refractivity contribution in [2.24, 2.45) is 12.8 Å². The number of piperidine rings is 1. The van der Waals surface area contributed by atoms with Crippen LogP contribution in [0.5, 0.6) is 11.5 Å². The maximum Gasteiger partial charge on any atom is 0.573 e. The first-order chi connectivity index (χ1) is 17.1. The molecule has 190 valence electrons. The molecule has 0 bridgehead atoms. The predicted molar refractivity (Wildman–Crippen MR) is 125 cm³/mol. The molecule has 1 aromatic heterocycles. The molecule has 1 saturated heterocycles. The lowest BCUT2D eigenvalue weighted by Crippen LogP contribution is -2.43. The number of halogens is 3. The number of nitrogens with zero attached hydrogens (tertiary/aromatic N) is 3. The highest BCUT2D eigenvalue weighted by Gasteiger charge is 2.31. The smallest absolute Gasteiger partial charge is 0.489 e. The van der Waals surface area contributed by atoms with E-state index in [0.717, 1.165) is 23.3 Å². The van der Waals surface area contributed by atoms with Crippen molar-refractivity contribution in [3.8, 4) is 22.6 Å². The van der Waals surface area contributed by atoms with Gasteiger partial charge in [-0.3, -0.25) is 9.48 Å². The zero-order valence-electron chi connectivity index (χ0n) is 19.3. The summed E-state index contributed by atoms with van der Waals surface area (Å²) in [4.78, 5) is 26.2. The number of nitrogens with one attached hydrogen (secondary N) is 1. The number of aromatic nitrogens is 2. The Morgan fingerprint density at radius 3 is 2.36 bits per heavy atom. The molecule has 36 heavy (non-hydrogen) atoms. The Morgan fingerprint density at radius 2 is 1.78 bits per heavy atom. The first kappa shape index (κ1) is 24.9. The normalized spacial score (nSPS) is 14.4. The fraction of sp³-hybridized carbons (Fsp3) is 0.292. The Hall–Kier alpha value is -4.22. The monoisotopic (exact) mass is 503 g/mol. The van der Waals surface area contributed by atoms with Crippen LogP contribution in [-0.4, -0.2) is 52.2 Å². The van der Waals surface area contributed by atoms with Crippen LogP contribution in [0.3, 0.4) is 0 Å². The fourth-order valence-electron chi connectivity index (χ4n) is 3.87. The number of benzene rings is 2. The van der Waals surface area contributed by atoms with E-state index < -0.39 is 12.3 Å². The molecule has 4 rings (SSSR count). The number of anilines is 1. The van der Waals surface area contributed by atoms with Crippen LogP contribution in [0.15, 0.2) is 54.9 Å². The van der Waals surface area contributed by atoms with Gasteiger partial charge in [0.25, 0.3) is 5.91 Å². The standard InChI is InChI=1S/C24H24F3N5O4/c1-31-14-16(13-29-31)15-2-7-21(20(12-15)22(28)33)35-18-8-10-32(11-9-18)23(34)30-17-3-5-19(6-4-17)36-24(25,26)27/h2-7,12-14,18H,8-11H2,1H3,(H2,28,33)(H,30,34). The molecule has 3 aromatic rings. The molecule has 12 heteroatoms. The lowest BCUT2D eigenvalue weighted by molar-refractivity contribution is -0.274. The number of amides is 3. The second-order valence-electron chi connectivity index (χ2n) is 8.28. The van der Waals surface area contributed by atoms with Gasteiger partial charge in [-0.05, 0) is 42.0 Å². The van der Waals surface area contributed by atoms with E-state index >= 15 is 0 Å². The van der Waals surface area contributed by atoms with E-state index in [9.17, 15) is 22.8 Å². The summed E-state index contributed by atoms with van der Waals surface area (Å²) in [6.45, 7) is 0.789. The maximum atomic E-state index is 12.6. The first-order valence-corrected chi connectivity index (χ1v) is 11.1. The van der Waals surface area contributed by atoms with Crippen LogP contribution in [-0.2, 0) is 7.05 Å². The van der Waals surface area contributed by atoms with E-state index in [1.807, 2.05) is 12.3 Å². The topological polar surface area (TPSA) is 112 Å². The minimum atomic E-state index is -4.78. The van der Waals surface area contributed by atoms with Crippen molar-refractivity contribution >= 4 is 17.6 Å². The maximum absolute atomic E-state index is 12.6. The number of carbonyl (C=O) groups is 2. The van der Waals surface area contributed by atoms with Gasteiger partial charge in [0.1, 0.15) is 17.6 Å². The Bertz CT molecular complexity index is 1240. The van der Waals surface area contributed by atoms with Crippen molar-refractivity contribution in [3.05, 3.63) is 60.4 Å². The van der Waals surface area contributed by atoms with E-state index in [2.05, 4.69) is 15.2 Å². The van der Waals surface area contributed by atoms with E-state index in [-0.39, 0.29) is 23.4 Å². The Kier molecular flexibility index (Phi) is 7.04. The molecule has 1 aliphatic heterocycles. The number of likely N-dealkylation sites (tertiary alicyclic amines) is 1. The van der Waals surface area contributed by atoms with Gasteiger partial charge in [0.15, 0.2) is 0 Å². The second-order valence-corrected chi connectivity index (χ2v) is 8.28. The van der Waals surface area contributed by atoms with Crippen molar-refractivity contribution in [2.75, 3.05) is 18.4 Å². The summed E-state index contributed by atoms with van der Waals surface area (Å²) in [5.41, 5.74) is 7.81. The summed E-state index contributed by atoms with van der Waals surface area (Å²) in [5.74, 6) is -0.610. The first-order valence-electron chi connectivity index (χ1n) is 11.1. The molecule has 3 amide bonds. The number of hydrogen-bond acceptors (Lipinski definition) is 5. The quantitative estimate of drug-likeness (QED) is 0.525. The molecule has 3 N–H and O–H groups in total. The number of ether oxygens (including phenoxy) is 2. The number of primary amides is 1. The van der Waals surface area contributed by atoms with Gasteiger partial charge in [-0.15, -0.1) is 13.2 Å². The van der Waals surface area contributed by atoms with Crippen LogP contribution in [0.4, 0.5) is 23.7 Å². The van der Waals surface area contributed by atoms with Crippen LogP contribution in [0.2, 0.25) is 0 Å². The van der Waals surface area contributed by atoms with Gasteiger partial charge in [-0.2, -0.15) is 5.10 Å². The second kappa shape index (κ2) is 10.2. The zero-order valence-corrected chi connectivity index (χ0v) is 19.3. The minimum absolute atomic E-state index is 0.227. The molecule has 2 heterocycles. The highest BCUT2D eigenvalue weighted by atomic mass is 19.4. The van der Waals surface area contributed by atoms with E-state index in [0.29, 0.717) is 37.4 Å². The summed E-state index contributed by atoms with van der Waals surface area (Å²) in [6, 6.07) is 9.72. The minimum Gasteiger partial charge on any atom is -0.489 e.